The fraction of sp³-hybridized carbons (Fsp3) is 0.185. The molecule has 0 bridgehead atoms. The van der Waals surface area contributed by atoms with E-state index < -0.39 is 17.7 Å². The highest BCUT2D eigenvalue weighted by Gasteiger charge is 2.27. The first kappa shape index (κ1) is 24.4. The number of carbonyl (C=O) groups is 1. The number of rotatable bonds is 7. The van der Waals surface area contributed by atoms with Crippen LogP contribution in [0.15, 0.2) is 67.0 Å². The van der Waals surface area contributed by atoms with Crippen LogP contribution >= 0.6 is 11.3 Å². The number of hydrogen-bond donors (Lipinski definition) is 3. The highest BCUT2D eigenvalue weighted by molar-refractivity contribution is 7.22. The molecule has 1 aromatic carbocycles. The van der Waals surface area contributed by atoms with Crippen molar-refractivity contribution in [1.29, 1.82) is 5.26 Å². The van der Waals surface area contributed by atoms with Crippen molar-refractivity contribution in [2.24, 2.45) is 0 Å². The maximum atomic E-state index is 14.3. The third-order valence-corrected chi connectivity index (χ3v) is 6.96. The van der Waals surface area contributed by atoms with Gasteiger partial charge in [0.05, 0.1) is 57.1 Å². The Kier molecular flexibility index (Phi) is 6.33. The molecule has 0 aliphatic rings. The standard InChI is InChI=1S/C27H23FN6O2S/c1-27(2,36)24(28)15-31-26(35)19-14-30-21(22-8-7-18-9-16(12-29)13-32-34(18)22)11-20(19)33-25-10-17-5-3-4-6-23(17)37-25/h3-11,13-14,24,36H,15H2,1-2H3,(H,30,33)(H,31,35). The largest absolute Gasteiger partial charge is 0.387 e. The summed E-state index contributed by atoms with van der Waals surface area (Å²) in [5.41, 5.74) is 1.54. The number of carbonyl (C=O) groups excluding carboxylic acids is 1. The van der Waals surface area contributed by atoms with Gasteiger partial charge in [-0.15, -0.1) is 11.3 Å². The van der Waals surface area contributed by atoms with E-state index in [1.54, 1.807) is 16.6 Å². The van der Waals surface area contributed by atoms with E-state index in [0.29, 0.717) is 22.6 Å². The predicted molar refractivity (Wildman–Crippen MR) is 142 cm³/mol. The average Bonchev–Trinajstić information content (AvgIpc) is 3.49. The molecule has 4 aromatic heterocycles. The van der Waals surface area contributed by atoms with Gasteiger partial charge in [0.2, 0.25) is 0 Å². The lowest BCUT2D eigenvalue weighted by Crippen LogP contribution is -2.42. The minimum Gasteiger partial charge on any atom is -0.387 e. The van der Waals surface area contributed by atoms with Gasteiger partial charge in [-0.25, -0.2) is 8.91 Å². The molecule has 4 heterocycles. The smallest absolute Gasteiger partial charge is 0.255 e. The van der Waals surface area contributed by atoms with Crippen molar-refractivity contribution in [3.8, 4) is 17.5 Å². The van der Waals surface area contributed by atoms with Gasteiger partial charge in [0, 0.05) is 10.9 Å². The number of aromatic nitrogens is 3. The number of alkyl halides is 1. The van der Waals surface area contributed by atoms with Crippen molar-refractivity contribution in [1.82, 2.24) is 19.9 Å². The van der Waals surface area contributed by atoms with Crippen molar-refractivity contribution in [3.63, 3.8) is 0 Å². The molecule has 0 aliphatic carbocycles. The third-order valence-electron chi connectivity index (χ3n) is 5.93. The maximum Gasteiger partial charge on any atom is 0.255 e. The van der Waals surface area contributed by atoms with Crippen molar-refractivity contribution in [2.75, 3.05) is 11.9 Å². The number of nitrogens with one attached hydrogen (secondary N) is 2. The number of pyridine rings is 1. The van der Waals surface area contributed by atoms with Gasteiger partial charge < -0.3 is 15.7 Å². The summed E-state index contributed by atoms with van der Waals surface area (Å²) in [6.45, 7) is 2.36. The normalized spacial score (nSPS) is 12.4. The summed E-state index contributed by atoms with van der Waals surface area (Å²) >= 11 is 1.54. The number of hydrogen-bond acceptors (Lipinski definition) is 7. The van der Waals surface area contributed by atoms with E-state index in [1.807, 2.05) is 42.5 Å². The summed E-state index contributed by atoms with van der Waals surface area (Å²) in [5.74, 6) is -0.522. The van der Waals surface area contributed by atoms with Crippen LogP contribution in [0, 0.1) is 11.3 Å². The van der Waals surface area contributed by atoms with E-state index in [-0.39, 0.29) is 12.1 Å². The highest BCUT2D eigenvalue weighted by Crippen LogP contribution is 2.34. The SMILES string of the molecule is CC(C)(O)C(F)CNC(=O)c1cnc(-c2ccc3cc(C#N)cnn23)cc1Nc1cc2ccccc2s1. The number of nitrogens with zero attached hydrogens (tertiary/aromatic N) is 4. The molecule has 10 heteroatoms. The topological polar surface area (TPSA) is 115 Å². The molecule has 37 heavy (non-hydrogen) atoms. The van der Waals surface area contributed by atoms with Crippen molar-refractivity contribution < 1.29 is 14.3 Å². The molecular formula is C27H23FN6O2S. The van der Waals surface area contributed by atoms with E-state index >= 15 is 0 Å². The van der Waals surface area contributed by atoms with Gasteiger partial charge in [0.1, 0.15) is 12.2 Å². The molecule has 8 nitrogen and oxygen atoms in total. The number of amides is 1. The maximum absolute atomic E-state index is 14.3. The minimum atomic E-state index is -1.64. The molecule has 5 aromatic rings. The zero-order valence-corrected chi connectivity index (χ0v) is 20.9. The molecule has 0 saturated heterocycles. The van der Waals surface area contributed by atoms with E-state index in [0.717, 1.165) is 20.6 Å². The van der Waals surface area contributed by atoms with Crippen LogP contribution in [0.2, 0.25) is 0 Å². The summed E-state index contributed by atoms with van der Waals surface area (Å²) in [4.78, 5) is 17.5. The summed E-state index contributed by atoms with van der Waals surface area (Å²) in [6, 6.07) is 19.2. The Bertz CT molecular complexity index is 1630. The first-order valence-corrected chi connectivity index (χ1v) is 12.3. The second kappa shape index (κ2) is 9.61. The van der Waals surface area contributed by atoms with Crippen LogP contribution in [0.4, 0.5) is 15.1 Å². The van der Waals surface area contributed by atoms with Crippen LogP contribution in [-0.2, 0) is 0 Å². The summed E-state index contributed by atoms with van der Waals surface area (Å²) in [5, 5.41) is 31.2. The monoisotopic (exact) mass is 514 g/mol. The Morgan fingerprint density at radius 1 is 1.22 bits per heavy atom. The second-order valence-electron chi connectivity index (χ2n) is 9.13. The van der Waals surface area contributed by atoms with Crippen molar-refractivity contribution >= 4 is 43.5 Å². The Hall–Kier alpha value is -4.33. The molecule has 0 saturated carbocycles. The van der Waals surface area contributed by atoms with E-state index in [1.165, 1.54) is 37.6 Å². The van der Waals surface area contributed by atoms with E-state index in [9.17, 15) is 14.3 Å². The lowest BCUT2D eigenvalue weighted by molar-refractivity contribution is -0.00177. The molecule has 1 atom stereocenters. The number of benzene rings is 1. The fourth-order valence-electron chi connectivity index (χ4n) is 3.84. The molecule has 3 N–H and O–H groups in total. The number of halogens is 1. The third kappa shape index (κ3) is 5.00. The van der Waals surface area contributed by atoms with E-state index in [2.05, 4.69) is 26.8 Å². The molecule has 5 rings (SSSR count). The van der Waals surface area contributed by atoms with E-state index in [4.69, 9.17) is 5.26 Å². The zero-order valence-electron chi connectivity index (χ0n) is 20.1. The van der Waals surface area contributed by atoms with Crippen LogP contribution in [0.3, 0.4) is 0 Å². The summed E-state index contributed by atoms with van der Waals surface area (Å²) in [6.07, 6.45) is 1.27. The number of fused-ring (bicyclic) bond motifs is 2. The van der Waals surface area contributed by atoms with Crippen LogP contribution < -0.4 is 10.6 Å². The van der Waals surface area contributed by atoms with Gasteiger partial charge in [0.25, 0.3) is 5.91 Å². The highest BCUT2D eigenvalue weighted by atomic mass is 32.1. The Balaban J connectivity index is 1.53. The molecule has 0 fully saturated rings. The molecule has 0 spiro atoms. The summed E-state index contributed by atoms with van der Waals surface area (Å²) in [7, 11) is 0. The summed E-state index contributed by atoms with van der Waals surface area (Å²) < 4.78 is 17.0. The average molecular weight is 515 g/mol. The molecular weight excluding hydrogens is 491 g/mol. The predicted octanol–water partition coefficient (Wildman–Crippen LogP) is 5.07. The quantitative estimate of drug-likeness (QED) is 0.280. The number of anilines is 2. The molecule has 0 aliphatic heterocycles. The molecule has 0 radical (unpaired) electrons. The molecule has 186 valence electrons. The number of nitriles is 1. The lowest BCUT2D eigenvalue weighted by Gasteiger charge is -2.22. The Morgan fingerprint density at radius 3 is 2.78 bits per heavy atom. The molecule has 1 unspecified atom stereocenters. The first-order chi connectivity index (χ1) is 17.7. The van der Waals surface area contributed by atoms with Crippen LogP contribution in [0.25, 0.3) is 27.0 Å². The van der Waals surface area contributed by atoms with Gasteiger partial charge in [-0.1, -0.05) is 18.2 Å². The van der Waals surface area contributed by atoms with Gasteiger partial charge in [-0.2, -0.15) is 10.4 Å². The first-order valence-electron chi connectivity index (χ1n) is 11.5. The van der Waals surface area contributed by atoms with Gasteiger partial charge >= 0.3 is 0 Å². The van der Waals surface area contributed by atoms with Crippen molar-refractivity contribution in [3.05, 3.63) is 78.1 Å². The van der Waals surface area contributed by atoms with Crippen LogP contribution in [0.1, 0.15) is 29.8 Å². The number of aliphatic hydroxyl groups is 1. The van der Waals surface area contributed by atoms with Gasteiger partial charge in [-0.05, 0) is 55.6 Å². The van der Waals surface area contributed by atoms with Crippen molar-refractivity contribution in [2.45, 2.75) is 25.6 Å². The molecule has 1 amide bonds. The lowest BCUT2D eigenvalue weighted by atomic mass is 10.0. The van der Waals surface area contributed by atoms with Gasteiger partial charge in [-0.3, -0.25) is 9.78 Å². The van der Waals surface area contributed by atoms with Crippen LogP contribution in [0.5, 0.6) is 0 Å². The zero-order chi connectivity index (χ0) is 26.2. The van der Waals surface area contributed by atoms with Crippen LogP contribution in [-0.4, -0.2) is 43.9 Å². The Morgan fingerprint density at radius 2 is 2.03 bits per heavy atom. The second-order valence-corrected chi connectivity index (χ2v) is 10.2. The number of thiophene rings is 1. The fourth-order valence-corrected chi connectivity index (χ4v) is 4.81. The van der Waals surface area contributed by atoms with Gasteiger partial charge in [0.15, 0.2) is 0 Å². The Labute approximate surface area is 216 Å². The minimum absolute atomic E-state index is 0.227.